The highest BCUT2D eigenvalue weighted by Gasteiger charge is 2.18. The van der Waals surface area contributed by atoms with Gasteiger partial charge in [0.15, 0.2) is 0 Å². The Morgan fingerprint density at radius 1 is 1.28 bits per heavy atom. The molecule has 3 heteroatoms. The van der Waals surface area contributed by atoms with Crippen molar-refractivity contribution in [2.24, 2.45) is 5.73 Å². The van der Waals surface area contributed by atoms with Gasteiger partial charge in [-0.25, -0.2) is 0 Å². The van der Waals surface area contributed by atoms with E-state index in [1.165, 1.54) is 0 Å². The number of rotatable bonds is 8. The van der Waals surface area contributed by atoms with Crippen molar-refractivity contribution in [3.63, 3.8) is 0 Å². The lowest BCUT2D eigenvalue weighted by atomic mass is 9.93. The summed E-state index contributed by atoms with van der Waals surface area (Å²) in [6, 6.07) is 10.0. The zero-order valence-corrected chi connectivity index (χ0v) is 11.2. The minimum absolute atomic E-state index is 0.0194. The first-order valence-corrected chi connectivity index (χ1v) is 6.82. The van der Waals surface area contributed by atoms with Gasteiger partial charge in [-0.15, -0.1) is 0 Å². The monoisotopic (exact) mass is 248 g/mol. The Morgan fingerprint density at radius 2 is 2.00 bits per heavy atom. The van der Waals surface area contributed by atoms with Crippen LogP contribution in [0.2, 0.25) is 0 Å². The summed E-state index contributed by atoms with van der Waals surface area (Å²) in [5, 5.41) is 3.01. The minimum Gasteiger partial charge on any atom is -0.356 e. The van der Waals surface area contributed by atoms with E-state index in [-0.39, 0.29) is 11.8 Å². The zero-order chi connectivity index (χ0) is 13.2. The second kappa shape index (κ2) is 8.70. The van der Waals surface area contributed by atoms with Gasteiger partial charge >= 0.3 is 0 Å². The molecule has 1 aromatic carbocycles. The summed E-state index contributed by atoms with van der Waals surface area (Å²) in [7, 11) is 0. The molecule has 1 atom stereocenters. The van der Waals surface area contributed by atoms with E-state index in [1.807, 2.05) is 30.3 Å². The SMILES string of the molecule is CCCC(C(=O)NCCCCN)c1ccccc1. The summed E-state index contributed by atoms with van der Waals surface area (Å²) < 4.78 is 0. The van der Waals surface area contributed by atoms with Crippen LogP contribution in [-0.4, -0.2) is 19.0 Å². The van der Waals surface area contributed by atoms with Gasteiger partial charge in [0.25, 0.3) is 0 Å². The third-order valence-corrected chi connectivity index (χ3v) is 3.03. The van der Waals surface area contributed by atoms with Crippen molar-refractivity contribution in [2.45, 2.75) is 38.5 Å². The third-order valence-electron chi connectivity index (χ3n) is 3.03. The predicted molar refractivity (Wildman–Crippen MR) is 75.4 cm³/mol. The maximum atomic E-state index is 12.2. The molecule has 0 spiro atoms. The summed E-state index contributed by atoms with van der Waals surface area (Å²) >= 11 is 0. The van der Waals surface area contributed by atoms with Crippen LogP contribution in [0.15, 0.2) is 30.3 Å². The van der Waals surface area contributed by atoms with Crippen molar-refractivity contribution in [1.29, 1.82) is 0 Å². The number of carbonyl (C=O) groups excluding carboxylic acids is 1. The average Bonchev–Trinajstić information content (AvgIpc) is 2.41. The largest absolute Gasteiger partial charge is 0.356 e. The molecule has 0 aliphatic rings. The van der Waals surface area contributed by atoms with Gasteiger partial charge in [0.2, 0.25) is 5.91 Å². The minimum atomic E-state index is -0.0194. The predicted octanol–water partition coefficient (Wildman–Crippen LogP) is 2.43. The van der Waals surface area contributed by atoms with Gasteiger partial charge in [0.1, 0.15) is 0 Å². The lowest BCUT2D eigenvalue weighted by Crippen LogP contribution is -2.30. The van der Waals surface area contributed by atoms with E-state index in [0.29, 0.717) is 6.54 Å². The third kappa shape index (κ3) is 4.88. The van der Waals surface area contributed by atoms with Crippen LogP contribution in [0, 0.1) is 0 Å². The molecule has 0 saturated carbocycles. The number of nitrogens with one attached hydrogen (secondary N) is 1. The molecule has 3 nitrogen and oxygen atoms in total. The van der Waals surface area contributed by atoms with Crippen LogP contribution in [0.3, 0.4) is 0 Å². The fourth-order valence-corrected chi connectivity index (χ4v) is 2.03. The summed E-state index contributed by atoms with van der Waals surface area (Å²) in [6.07, 6.45) is 3.82. The smallest absolute Gasteiger partial charge is 0.227 e. The summed E-state index contributed by atoms with van der Waals surface area (Å²) in [6.45, 7) is 3.52. The molecule has 0 fully saturated rings. The Labute approximate surface area is 110 Å². The molecule has 0 heterocycles. The fraction of sp³-hybridized carbons (Fsp3) is 0.533. The molecule has 0 saturated heterocycles. The van der Waals surface area contributed by atoms with Gasteiger partial charge < -0.3 is 11.1 Å². The number of hydrogen-bond acceptors (Lipinski definition) is 2. The van der Waals surface area contributed by atoms with Gasteiger partial charge in [-0.1, -0.05) is 43.7 Å². The van der Waals surface area contributed by atoms with Crippen LogP contribution in [0.5, 0.6) is 0 Å². The molecule has 0 aromatic heterocycles. The van der Waals surface area contributed by atoms with Crippen LogP contribution in [0.4, 0.5) is 0 Å². The van der Waals surface area contributed by atoms with Crippen molar-refractivity contribution < 1.29 is 4.79 Å². The van der Waals surface area contributed by atoms with E-state index in [4.69, 9.17) is 5.73 Å². The molecule has 1 aromatic rings. The van der Waals surface area contributed by atoms with Crippen molar-refractivity contribution in [3.8, 4) is 0 Å². The topological polar surface area (TPSA) is 55.1 Å². The maximum Gasteiger partial charge on any atom is 0.227 e. The Kier molecular flexibility index (Phi) is 7.11. The normalized spacial score (nSPS) is 12.1. The highest BCUT2D eigenvalue weighted by molar-refractivity contribution is 5.83. The highest BCUT2D eigenvalue weighted by Crippen LogP contribution is 2.21. The molecule has 0 bridgehead atoms. The van der Waals surface area contributed by atoms with Crippen molar-refractivity contribution in [2.75, 3.05) is 13.1 Å². The van der Waals surface area contributed by atoms with Gasteiger partial charge in [0, 0.05) is 6.54 Å². The lowest BCUT2D eigenvalue weighted by molar-refractivity contribution is -0.122. The molecular formula is C15H24N2O. The number of nitrogens with two attached hydrogens (primary N) is 1. The Hall–Kier alpha value is -1.35. The first-order valence-electron chi connectivity index (χ1n) is 6.82. The standard InChI is InChI=1S/C15H24N2O/c1-2-8-14(13-9-4-3-5-10-13)15(18)17-12-7-6-11-16/h3-5,9-10,14H,2,6-8,11-12,16H2,1H3,(H,17,18). The maximum absolute atomic E-state index is 12.2. The van der Waals surface area contributed by atoms with Crippen LogP contribution in [0.25, 0.3) is 0 Å². The molecule has 0 radical (unpaired) electrons. The first kappa shape index (κ1) is 14.7. The molecule has 3 N–H and O–H groups in total. The van der Waals surface area contributed by atoms with Crippen molar-refractivity contribution >= 4 is 5.91 Å². The van der Waals surface area contributed by atoms with Crippen LogP contribution in [0.1, 0.15) is 44.1 Å². The van der Waals surface area contributed by atoms with Gasteiger partial charge in [-0.05, 0) is 31.4 Å². The summed E-state index contributed by atoms with van der Waals surface area (Å²) in [5.41, 5.74) is 6.54. The number of hydrogen-bond donors (Lipinski definition) is 2. The van der Waals surface area contributed by atoms with Crippen LogP contribution < -0.4 is 11.1 Å². The van der Waals surface area contributed by atoms with Crippen LogP contribution in [-0.2, 0) is 4.79 Å². The quantitative estimate of drug-likeness (QED) is 0.694. The summed E-state index contributed by atoms with van der Waals surface area (Å²) in [4.78, 5) is 12.2. The number of unbranched alkanes of at least 4 members (excludes halogenated alkanes) is 1. The molecule has 0 aliphatic carbocycles. The number of carbonyl (C=O) groups is 1. The van der Waals surface area contributed by atoms with E-state index < -0.39 is 0 Å². The van der Waals surface area contributed by atoms with E-state index in [2.05, 4.69) is 12.2 Å². The second-order valence-electron chi connectivity index (χ2n) is 4.54. The zero-order valence-electron chi connectivity index (χ0n) is 11.2. The van der Waals surface area contributed by atoms with E-state index in [1.54, 1.807) is 0 Å². The summed E-state index contributed by atoms with van der Waals surface area (Å²) in [5.74, 6) is 0.120. The molecule has 1 amide bonds. The Morgan fingerprint density at radius 3 is 2.61 bits per heavy atom. The molecule has 1 unspecified atom stereocenters. The molecule has 1 rings (SSSR count). The van der Waals surface area contributed by atoms with Crippen molar-refractivity contribution in [3.05, 3.63) is 35.9 Å². The molecule has 0 aliphatic heterocycles. The van der Waals surface area contributed by atoms with Gasteiger partial charge in [0.05, 0.1) is 5.92 Å². The lowest BCUT2D eigenvalue weighted by Gasteiger charge is -2.16. The second-order valence-corrected chi connectivity index (χ2v) is 4.54. The highest BCUT2D eigenvalue weighted by atomic mass is 16.1. The fourth-order valence-electron chi connectivity index (χ4n) is 2.03. The Bertz CT molecular complexity index is 338. The van der Waals surface area contributed by atoms with Crippen molar-refractivity contribution in [1.82, 2.24) is 5.32 Å². The molecule has 18 heavy (non-hydrogen) atoms. The molecular weight excluding hydrogens is 224 g/mol. The van der Waals surface area contributed by atoms with E-state index >= 15 is 0 Å². The van der Waals surface area contributed by atoms with Crippen LogP contribution >= 0.6 is 0 Å². The Balaban J connectivity index is 2.53. The van der Waals surface area contributed by atoms with E-state index in [0.717, 1.165) is 37.8 Å². The van der Waals surface area contributed by atoms with E-state index in [9.17, 15) is 4.79 Å². The van der Waals surface area contributed by atoms with Gasteiger partial charge in [-0.2, -0.15) is 0 Å². The average molecular weight is 248 g/mol. The number of amides is 1. The molecule has 100 valence electrons. The van der Waals surface area contributed by atoms with Gasteiger partial charge in [-0.3, -0.25) is 4.79 Å². The first-order chi connectivity index (χ1) is 8.79. The number of benzene rings is 1.